The third kappa shape index (κ3) is 1.52. The Labute approximate surface area is 72.0 Å². The number of halogens is 2. The molecule has 1 rings (SSSR count). The minimum Gasteiger partial charge on any atom is -0.205 e. The first-order valence-electron chi connectivity index (χ1n) is 2.61. The Morgan fingerprint density at radius 2 is 2.20 bits per heavy atom. The van der Waals surface area contributed by atoms with Crippen molar-refractivity contribution in [2.45, 2.75) is 4.90 Å². The van der Waals surface area contributed by atoms with E-state index in [1.54, 1.807) is 18.2 Å². The number of hydrogen-bond acceptors (Lipinski definition) is 1. The molecule has 0 nitrogen and oxygen atoms in total. The molecule has 0 unspecified atom stereocenters. The van der Waals surface area contributed by atoms with Crippen LogP contribution in [0.2, 0.25) is 0 Å². The molecule has 0 atom stereocenters. The van der Waals surface area contributed by atoms with Crippen molar-refractivity contribution in [1.82, 2.24) is 0 Å². The van der Waals surface area contributed by atoms with E-state index in [-0.39, 0.29) is 5.82 Å². The summed E-state index contributed by atoms with van der Waals surface area (Å²) < 4.78 is 13.4. The third-order valence-electron chi connectivity index (χ3n) is 1.07. The molecule has 1 radical (unpaired) electrons. The lowest BCUT2D eigenvalue weighted by atomic mass is 10.3. The highest BCUT2D eigenvalue weighted by molar-refractivity contribution is 9.10. The minimum absolute atomic E-state index is 0.234. The van der Waals surface area contributed by atoms with E-state index >= 15 is 0 Å². The van der Waals surface area contributed by atoms with Gasteiger partial charge in [-0.25, -0.2) is 4.39 Å². The molecule has 0 amide bonds. The summed E-state index contributed by atoms with van der Waals surface area (Å²) >= 11 is 4.23. The van der Waals surface area contributed by atoms with Gasteiger partial charge in [0.05, 0.1) is 4.47 Å². The minimum atomic E-state index is -0.234. The summed E-state index contributed by atoms with van der Waals surface area (Å²) in [4.78, 5) is 0.564. The summed E-state index contributed by atoms with van der Waals surface area (Å²) in [6, 6.07) is 5.13. The monoisotopic (exact) mass is 219 g/mol. The highest BCUT2D eigenvalue weighted by atomic mass is 79.9. The topological polar surface area (TPSA) is 0 Å². The number of rotatable bonds is 1. The Balaban J connectivity index is 3.14. The second-order valence-electron chi connectivity index (χ2n) is 1.70. The Hall–Kier alpha value is -0.0200. The Morgan fingerprint density at radius 1 is 1.50 bits per heavy atom. The van der Waals surface area contributed by atoms with Gasteiger partial charge in [0.1, 0.15) is 0 Å². The van der Waals surface area contributed by atoms with E-state index in [1.165, 1.54) is 0 Å². The number of hydrogen-bond donors (Lipinski definition) is 0. The SMILES string of the molecule is [CH2]Sc1cccc(Br)c1F. The van der Waals surface area contributed by atoms with E-state index < -0.39 is 0 Å². The summed E-state index contributed by atoms with van der Waals surface area (Å²) in [7, 11) is 0. The first kappa shape index (κ1) is 8.08. The predicted octanol–water partition coefficient (Wildman–Crippen LogP) is 3.47. The predicted molar refractivity (Wildman–Crippen MR) is 45.3 cm³/mol. The second kappa shape index (κ2) is 3.39. The molecule has 0 saturated carbocycles. The number of thioether (sulfide) groups is 1. The van der Waals surface area contributed by atoms with Crippen molar-refractivity contribution in [2.24, 2.45) is 0 Å². The highest BCUT2D eigenvalue weighted by Gasteiger charge is 2.02. The van der Waals surface area contributed by atoms with E-state index in [1.807, 2.05) is 0 Å². The zero-order valence-electron chi connectivity index (χ0n) is 5.10. The van der Waals surface area contributed by atoms with Crippen molar-refractivity contribution in [1.29, 1.82) is 0 Å². The van der Waals surface area contributed by atoms with Gasteiger partial charge >= 0.3 is 0 Å². The van der Waals surface area contributed by atoms with Crippen LogP contribution in [0.3, 0.4) is 0 Å². The summed E-state index contributed by atoms with van der Waals surface area (Å²) in [6.45, 7) is 0. The molecule has 0 fully saturated rings. The second-order valence-corrected chi connectivity index (χ2v) is 3.28. The maximum atomic E-state index is 12.9. The molecule has 0 saturated heterocycles. The number of benzene rings is 1. The van der Waals surface area contributed by atoms with Gasteiger partial charge in [0, 0.05) is 11.2 Å². The summed E-state index contributed by atoms with van der Waals surface area (Å²) in [5.41, 5.74) is 0. The Morgan fingerprint density at radius 3 is 2.70 bits per heavy atom. The molecule has 0 spiro atoms. The Bertz CT molecular complexity index is 237. The van der Waals surface area contributed by atoms with Crippen LogP contribution in [0.15, 0.2) is 27.6 Å². The first-order chi connectivity index (χ1) is 4.75. The van der Waals surface area contributed by atoms with Gasteiger partial charge in [0.2, 0.25) is 0 Å². The van der Waals surface area contributed by atoms with Crippen molar-refractivity contribution < 1.29 is 4.39 Å². The average Bonchev–Trinajstić information content (AvgIpc) is 1.95. The van der Waals surface area contributed by atoms with Crippen LogP contribution < -0.4 is 0 Å². The molecular weight excluding hydrogens is 215 g/mol. The van der Waals surface area contributed by atoms with E-state index in [2.05, 4.69) is 22.2 Å². The molecular formula is C7H5BrFS. The average molecular weight is 220 g/mol. The van der Waals surface area contributed by atoms with Gasteiger partial charge in [0.15, 0.2) is 5.82 Å². The van der Waals surface area contributed by atoms with Gasteiger partial charge in [-0.1, -0.05) is 6.07 Å². The van der Waals surface area contributed by atoms with E-state index in [0.717, 1.165) is 11.8 Å². The fourth-order valence-corrected chi connectivity index (χ4v) is 1.50. The van der Waals surface area contributed by atoms with Gasteiger partial charge in [-0.05, 0) is 28.1 Å². The van der Waals surface area contributed by atoms with Crippen molar-refractivity contribution in [2.75, 3.05) is 0 Å². The van der Waals surface area contributed by atoms with E-state index in [4.69, 9.17) is 0 Å². The van der Waals surface area contributed by atoms with Gasteiger partial charge in [-0.2, -0.15) is 0 Å². The quantitative estimate of drug-likeness (QED) is 0.653. The molecule has 1 aromatic carbocycles. The van der Waals surface area contributed by atoms with Crippen LogP contribution in [-0.4, -0.2) is 0 Å². The molecule has 0 aliphatic rings. The summed E-state index contributed by atoms with van der Waals surface area (Å²) in [6.07, 6.45) is 3.51. The molecule has 10 heavy (non-hydrogen) atoms. The lowest BCUT2D eigenvalue weighted by Crippen LogP contribution is -1.79. The van der Waals surface area contributed by atoms with E-state index in [9.17, 15) is 4.39 Å². The van der Waals surface area contributed by atoms with Crippen molar-refractivity contribution in [3.8, 4) is 0 Å². The van der Waals surface area contributed by atoms with Gasteiger partial charge in [-0.15, -0.1) is 11.8 Å². The van der Waals surface area contributed by atoms with Crippen molar-refractivity contribution in [3.05, 3.63) is 34.7 Å². The largest absolute Gasteiger partial charge is 0.205 e. The van der Waals surface area contributed by atoms with Crippen molar-refractivity contribution >= 4 is 27.7 Å². The fourth-order valence-electron chi connectivity index (χ4n) is 0.595. The lowest BCUT2D eigenvalue weighted by molar-refractivity contribution is 0.595. The zero-order chi connectivity index (χ0) is 7.56. The summed E-state index contributed by atoms with van der Waals surface area (Å²) in [5.74, 6) is -0.234. The van der Waals surface area contributed by atoms with Crippen LogP contribution in [0.4, 0.5) is 4.39 Å². The maximum absolute atomic E-state index is 12.9. The van der Waals surface area contributed by atoms with Crippen LogP contribution in [0, 0.1) is 12.1 Å². The molecule has 0 heterocycles. The van der Waals surface area contributed by atoms with Crippen LogP contribution in [0.1, 0.15) is 0 Å². The van der Waals surface area contributed by atoms with Crippen molar-refractivity contribution in [3.63, 3.8) is 0 Å². The van der Waals surface area contributed by atoms with Crippen LogP contribution in [0.5, 0.6) is 0 Å². The molecule has 3 heteroatoms. The molecule has 0 aliphatic heterocycles. The van der Waals surface area contributed by atoms with Gasteiger partial charge in [-0.3, -0.25) is 0 Å². The standard InChI is InChI=1S/C7H5BrFS/c1-10-6-4-2-3-5(8)7(6)9/h2-4H,1H2. The molecule has 0 N–H and O–H groups in total. The van der Waals surface area contributed by atoms with E-state index in [0.29, 0.717) is 9.37 Å². The Kier molecular flexibility index (Phi) is 2.74. The third-order valence-corrected chi connectivity index (χ3v) is 2.31. The van der Waals surface area contributed by atoms with Gasteiger partial charge < -0.3 is 0 Å². The molecule has 1 aromatic rings. The fraction of sp³-hybridized carbons (Fsp3) is 0. The molecule has 0 bridgehead atoms. The zero-order valence-corrected chi connectivity index (χ0v) is 7.51. The van der Waals surface area contributed by atoms with Crippen LogP contribution in [-0.2, 0) is 0 Å². The van der Waals surface area contributed by atoms with Crippen LogP contribution >= 0.6 is 27.7 Å². The summed E-state index contributed by atoms with van der Waals surface area (Å²) in [5, 5.41) is 0. The molecule has 0 aliphatic carbocycles. The lowest BCUT2D eigenvalue weighted by Gasteiger charge is -1.98. The molecule has 53 valence electrons. The van der Waals surface area contributed by atoms with Crippen LogP contribution in [0.25, 0.3) is 0 Å². The first-order valence-corrected chi connectivity index (χ1v) is 4.39. The molecule has 0 aromatic heterocycles. The highest BCUT2D eigenvalue weighted by Crippen LogP contribution is 2.25. The maximum Gasteiger partial charge on any atom is 0.150 e. The van der Waals surface area contributed by atoms with Gasteiger partial charge in [0.25, 0.3) is 0 Å². The normalized spacial score (nSPS) is 9.90. The smallest absolute Gasteiger partial charge is 0.150 e.